The lowest BCUT2D eigenvalue weighted by molar-refractivity contribution is -0.130. The Labute approximate surface area is 109 Å². The monoisotopic (exact) mass is 249 g/mol. The van der Waals surface area contributed by atoms with E-state index in [1.807, 2.05) is 19.1 Å². The highest BCUT2D eigenvalue weighted by Crippen LogP contribution is 2.17. The third kappa shape index (κ3) is 3.74. The summed E-state index contributed by atoms with van der Waals surface area (Å²) in [5.41, 5.74) is 8.99. The van der Waals surface area contributed by atoms with Crippen LogP contribution in [0.25, 0.3) is 0 Å². The average molecular weight is 249 g/mol. The first kappa shape index (κ1) is 14.5. The summed E-state index contributed by atoms with van der Waals surface area (Å²) in [6.45, 7) is 6.12. The fourth-order valence-corrected chi connectivity index (χ4v) is 1.73. The SMILES string of the molecule is CCN(CC(=O)N(C)C)Cc1cccc(N)c1C. The molecule has 0 aromatic heterocycles. The van der Waals surface area contributed by atoms with Gasteiger partial charge in [0.15, 0.2) is 0 Å². The fourth-order valence-electron chi connectivity index (χ4n) is 1.73. The first-order valence-electron chi connectivity index (χ1n) is 6.22. The largest absolute Gasteiger partial charge is 0.399 e. The number of carbonyl (C=O) groups is 1. The average Bonchev–Trinajstić information content (AvgIpc) is 2.33. The Balaban J connectivity index is 2.74. The standard InChI is InChI=1S/C14H23N3O/c1-5-17(10-14(18)16(3)4)9-12-7-6-8-13(15)11(12)2/h6-8H,5,9-10,15H2,1-4H3. The van der Waals surface area contributed by atoms with Crippen molar-refractivity contribution in [2.24, 2.45) is 0 Å². The zero-order valence-corrected chi connectivity index (χ0v) is 11.7. The summed E-state index contributed by atoms with van der Waals surface area (Å²) in [7, 11) is 3.56. The van der Waals surface area contributed by atoms with Crippen molar-refractivity contribution in [1.82, 2.24) is 9.80 Å². The van der Waals surface area contributed by atoms with Crippen molar-refractivity contribution in [1.29, 1.82) is 0 Å². The second-order valence-corrected chi connectivity index (χ2v) is 4.72. The van der Waals surface area contributed by atoms with Crippen LogP contribution >= 0.6 is 0 Å². The lowest BCUT2D eigenvalue weighted by atomic mass is 10.1. The fraction of sp³-hybridized carbons (Fsp3) is 0.500. The highest BCUT2D eigenvalue weighted by molar-refractivity contribution is 5.77. The molecule has 0 spiro atoms. The molecular weight excluding hydrogens is 226 g/mol. The lowest BCUT2D eigenvalue weighted by Gasteiger charge is -2.23. The first-order chi connectivity index (χ1) is 8.45. The number of rotatable bonds is 5. The minimum Gasteiger partial charge on any atom is -0.399 e. The molecule has 2 N–H and O–H groups in total. The number of likely N-dealkylation sites (N-methyl/N-ethyl adjacent to an activating group) is 2. The van der Waals surface area contributed by atoms with Crippen LogP contribution in [0.1, 0.15) is 18.1 Å². The molecule has 4 heteroatoms. The Morgan fingerprint density at radius 3 is 2.56 bits per heavy atom. The van der Waals surface area contributed by atoms with Gasteiger partial charge < -0.3 is 10.6 Å². The molecule has 0 bridgehead atoms. The highest BCUT2D eigenvalue weighted by Gasteiger charge is 2.12. The van der Waals surface area contributed by atoms with E-state index < -0.39 is 0 Å². The molecule has 1 aromatic rings. The Morgan fingerprint density at radius 2 is 2.00 bits per heavy atom. The second kappa shape index (κ2) is 6.40. The summed E-state index contributed by atoms with van der Waals surface area (Å²) < 4.78 is 0. The first-order valence-corrected chi connectivity index (χ1v) is 6.22. The van der Waals surface area contributed by atoms with Crippen molar-refractivity contribution in [3.05, 3.63) is 29.3 Å². The van der Waals surface area contributed by atoms with E-state index in [0.717, 1.165) is 24.3 Å². The smallest absolute Gasteiger partial charge is 0.236 e. The van der Waals surface area contributed by atoms with E-state index in [1.165, 1.54) is 5.56 Å². The van der Waals surface area contributed by atoms with Crippen LogP contribution < -0.4 is 5.73 Å². The van der Waals surface area contributed by atoms with Crippen molar-refractivity contribution in [3.8, 4) is 0 Å². The highest BCUT2D eigenvalue weighted by atomic mass is 16.2. The maximum Gasteiger partial charge on any atom is 0.236 e. The van der Waals surface area contributed by atoms with Crippen molar-refractivity contribution in [2.75, 3.05) is 32.9 Å². The Morgan fingerprint density at radius 1 is 1.33 bits per heavy atom. The van der Waals surface area contributed by atoms with Crippen LogP contribution in [0.15, 0.2) is 18.2 Å². The van der Waals surface area contributed by atoms with E-state index in [9.17, 15) is 4.79 Å². The van der Waals surface area contributed by atoms with Crippen molar-refractivity contribution in [2.45, 2.75) is 20.4 Å². The van der Waals surface area contributed by atoms with Gasteiger partial charge in [-0.25, -0.2) is 0 Å². The zero-order valence-electron chi connectivity index (χ0n) is 11.7. The molecule has 1 amide bonds. The van der Waals surface area contributed by atoms with Crippen LogP contribution in [-0.2, 0) is 11.3 Å². The summed E-state index contributed by atoms with van der Waals surface area (Å²) >= 11 is 0. The summed E-state index contributed by atoms with van der Waals surface area (Å²) in [5, 5.41) is 0. The maximum atomic E-state index is 11.7. The Hall–Kier alpha value is -1.55. The maximum absolute atomic E-state index is 11.7. The number of nitrogen functional groups attached to an aromatic ring is 1. The van der Waals surface area contributed by atoms with E-state index in [0.29, 0.717) is 6.54 Å². The number of carbonyl (C=O) groups excluding carboxylic acids is 1. The van der Waals surface area contributed by atoms with Crippen LogP contribution in [0.3, 0.4) is 0 Å². The van der Waals surface area contributed by atoms with E-state index in [1.54, 1.807) is 19.0 Å². The lowest BCUT2D eigenvalue weighted by Crippen LogP contribution is -2.36. The van der Waals surface area contributed by atoms with E-state index in [-0.39, 0.29) is 5.91 Å². The number of anilines is 1. The normalized spacial score (nSPS) is 10.7. The van der Waals surface area contributed by atoms with Gasteiger partial charge in [0.05, 0.1) is 6.54 Å². The van der Waals surface area contributed by atoms with E-state index in [4.69, 9.17) is 5.73 Å². The molecular formula is C14H23N3O. The van der Waals surface area contributed by atoms with Gasteiger partial charge >= 0.3 is 0 Å². The Bertz CT molecular complexity index is 416. The van der Waals surface area contributed by atoms with Crippen LogP contribution in [0.4, 0.5) is 5.69 Å². The Kier molecular flexibility index (Phi) is 5.16. The molecule has 1 rings (SSSR count). The van der Waals surface area contributed by atoms with E-state index >= 15 is 0 Å². The van der Waals surface area contributed by atoms with Gasteiger partial charge in [-0.2, -0.15) is 0 Å². The van der Waals surface area contributed by atoms with Crippen LogP contribution in [-0.4, -0.2) is 42.9 Å². The number of nitrogens with two attached hydrogens (primary N) is 1. The molecule has 0 aliphatic rings. The van der Waals surface area contributed by atoms with Crippen molar-refractivity contribution >= 4 is 11.6 Å². The van der Waals surface area contributed by atoms with Gasteiger partial charge in [-0.1, -0.05) is 19.1 Å². The molecule has 0 aliphatic carbocycles. The number of benzene rings is 1. The van der Waals surface area contributed by atoms with Gasteiger partial charge in [0, 0.05) is 26.3 Å². The van der Waals surface area contributed by atoms with Gasteiger partial charge in [0.2, 0.25) is 5.91 Å². The van der Waals surface area contributed by atoms with Crippen molar-refractivity contribution < 1.29 is 4.79 Å². The molecule has 100 valence electrons. The summed E-state index contributed by atoms with van der Waals surface area (Å²) in [4.78, 5) is 15.4. The molecule has 18 heavy (non-hydrogen) atoms. The predicted molar refractivity (Wildman–Crippen MR) is 75.2 cm³/mol. The van der Waals surface area contributed by atoms with E-state index in [2.05, 4.69) is 17.9 Å². The quantitative estimate of drug-likeness (QED) is 0.804. The molecule has 0 saturated heterocycles. The minimum atomic E-state index is 0.124. The van der Waals surface area contributed by atoms with Crippen LogP contribution in [0.2, 0.25) is 0 Å². The van der Waals surface area contributed by atoms with Gasteiger partial charge in [-0.3, -0.25) is 9.69 Å². The summed E-state index contributed by atoms with van der Waals surface area (Å²) in [6, 6.07) is 5.92. The number of nitrogens with zero attached hydrogens (tertiary/aromatic N) is 2. The molecule has 0 fully saturated rings. The molecule has 0 radical (unpaired) electrons. The van der Waals surface area contributed by atoms with Crippen LogP contribution in [0.5, 0.6) is 0 Å². The molecule has 4 nitrogen and oxygen atoms in total. The van der Waals surface area contributed by atoms with Crippen molar-refractivity contribution in [3.63, 3.8) is 0 Å². The van der Waals surface area contributed by atoms with Gasteiger partial charge in [-0.05, 0) is 30.7 Å². The minimum absolute atomic E-state index is 0.124. The molecule has 0 heterocycles. The number of amides is 1. The van der Waals surface area contributed by atoms with Gasteiger partial charge in [0.1, 0.15) is 0 Å². The van der Waals surface area contributed by atoms with Gasteiger partial charge in [0.25, 0.3) is 0 Å². The molecule has 0 atom stereocenters. The second-order valence-electron chi connectivity index (χ2n) is 4.72. The van der Waals surface area contributed by atoms with Crippen LogP contribution in [0, 0.1) is 6.92 Å². The molecule has 0 unspecified atom stereocenters. The third-order valence-corrected chi connectivity index (χ3v) is 3.19. The summed E-state index contributed by atoms with van der Waals surface area (Å²) in [6.07, 6.45) is 0. The molecule has 0 aliphatic heterocycles. The number of hydrogen-bond acceptors (Lipinski definition) is 3. The third-order valence-electron chi connectivity index (χ3n) is 3.19. The van der Waals surface area contributed by atoms with Gasteiger partial charge in [-0.15, -0.1) is 0 Å². The zero-order chi connectivity index (χ0) is 13.7. The summed E-state index contributed by atoms with van der Waals surface area (Å²) in [5.74, 6) is 0.124. The topological polar surface area (TPSA) is 49.6 Å². The molecule has 0 saturated carbocycles. The predicted octanol–water partition coefficient (Wildman–Crippen LogP) is 1.49. The number of hydrogen-bond donors (Lipinski definition) is 1. The molecule has 1 aromatic carbocycles.